The van der Waals surface area contributed by atoms with Gasteiger partial charge in [0, 0.05) is 6.54 Å². The van der Waals surface area contributed by atoms with Crippen molar-refractivity contribution in [1.29, 1.82) is 0 Å². The molecular weight excluding hydrogens is 146 g/mol. The van der Waals surface area contributed by atoms with Gasteiger partial charge in [-0.15, -0.1) is 0 Å². The molecule has 2 fully saturated rings. The highest BCUT2D eigenvalue weighted by atomic mass is 14.8. The zero-order valence-corrected chi connectivity index (χ0v) is 7.58. The van der Waals surface area contributed by atoms with Crippen LogP contribution >= 0.6 is 0 Å². The molecule has 1 heteroatoms. The summed E-state index contributed by atoms with van der Waals surface area (Å²) in [4.78, 5) is 4.46. The average molecular weight is 163 g/mol. The van der Waals surface area contributed by atoms with Crippen LogP contribution in [0.4, 0.5) is 0 Å². The first-order valence-corrected chi connectivity index (χ1v) is 5.43. The van der Waals surface area contributed by atoms with E-state index in [0.29, 0.717) is 0 Å². The molecule has 2 unspecified atom stereocenters. The van der Waals surface area contributed by atoms with Crippen molar-refractivity contribution in [3.05, 3.63) is 0 Å². The van der Waals surface area contributed by atoms with E-state index in [9.17, 15) is 0 Å². The van der Waals surface area contributed by atoms with Gasteiger partial charge in [0.2, 0.25) is 0 Å². The van der Waals surface area contributed by atoms with Crippen LogP contribution in [-0.2, 0) is 0 Å². The Bertz CT molecular complexity index is 179. The molecule has 0 N–H and O–H groups in total. The van der Waals surface area contributed by atoms with E-state index < -0.39 is 0 Å². The molecule has 0 aromatic heterocycles. The van der Waals surface area contributed by atoms with Gasteiger partial charge in [-0.05, 0) is 62.0 Å². The Kier molecular flexibility index (Phi) is 1.53. The van der Waals surface area contributed by atoms with Crippen LogP contribution in [0.5, 0.6) is 0 Å². The lowest BCUT2D eigenvalue weighted by Crippen LogP contribution is -2.25. The molecule has 1 aliphatic heterocycles. The lowest BCUT2D eigenvalue weighted by Gasteiger charge is -2.27. The van der Waals surface area contributed by atoms with E-state index >= 15 is 0 Å². The number of hydrogen-bond acceptors (Lipinski definition) is 1. The van der Waals surface area contributed by atoms with Gasteiger partial charge in [-0.1, -0.05) is 0 Å². The minimum atomic E-state index is 0.988. The molecule has 0 bridgehead atoms. The van der Waals surface area contributed by atoms with Crippen LogP contribution in [0.15, 0.2) is 4.99 Å². The maximum atomic E-state index is 4.46. The van der Waals surface area contributed by atoms with Crippen LogP contribution < -0.4 is 0 Å². The Morgan fingerprint density at radius 2 is 1.58 bits per heavy atom. The van der Waals surface area contributed by atoms with Crippen molar-refractivity contribution in [3.63, 3.8) is 0 Å². The van der Waals surface area contributed by atoms with E-state index in [1.54, 1.807) is 0 Å². The van der Waals surface area contributed by atoms with Gasteiger partial charge in [0.15, 0.2) is 0 Å². The van der Waals surface area contributed by atoms with E-state index in [4.69, 9.17) is 0 Å². The summed E-state index contributed by atoms with van der Waals surface area (Å²) in [5.41, 5.74) is 0. The molecule has 12 heavy (non-hydrogen) atoms. The fourth-order valence-electron chi connectivity index (χ4n) is 2.79. The fourth-order valence-corrected chi connectivity index (χ4v) is 2.79. The highest BCUT2D eigenvalue weighted by Crippen LogP contribution is 2.50. The maximum Gasteiger partial charge on any atom is 0.0419 e. The third-order valence-corrected chi connectivity index (χ3v) is 3.83. The van der Waals surface area contributed by atoms with Gasteiger partial charge in [0.25, 0.3) is 0 Å². The topological polar surface area (TPSA) is 12.4 Å². The highest BCUT2D eigenvalue weighted by molar-refractivity contribution is 5.58. The van der Waals surface area contributed by atoms with Crippen LogP contribution in [0.25, 0.3) is 0 Å². The first-order chi connectivity index (χ1) is 5.95. The predicted molar refractivity (Wildman–Crippen MR) is 50.4 cm³/mol. The Labute approximate surface area is 74.3 Å². The summed E-state index contributed by atoms with van der Waals surface area (Å²) in [6, 6.07) is 0. The number of rotatable bonds is 2. The van der Waals surface area contributed by atoms with Gasteiger partial charge in [0.05, 0.1) is 0 Å². The Balaban J connectivity index is 1.73. The van der Waals surface area contributed by atoms with Crippen LogP contribution in [0.1, 0.15) is 32.1 Å². The minimum Gasteiger partial charge on any atom is -0.297 e. The fraction of sp³-hybridized carbons (Fsp3) is 0.909. The molecule has 2 aliphatic carbocycles. The van der Waals surface area contributed by atoms with Crippen molar-refractivity contribution < 1.29 is 0 Å². The second-order valence-corrected chi connectivity index (χ2v) is 4.79. The molecule has 2 atom stereocenters. The van der Waals surface area contributed by atoms with E-state index in [0.717, 1.165) is 30.2 Å². The second kappa shape index (κ2) is 2.58. The van der Waals surface area contributed by atoms with Gasteiger partial charge in [0.1, 0.15) is 0 Å². The molecule has 0 spiro atoms. The first-order valence-electron chi connectivity index (χ1n) is 5.43. The third-order valence-electron chi connectivity index (χ3n) is 3.83. The minimum absolute atomic E-state index is 0.988. The molecule has 3 rings (SSSR count). The molecule has 0 aromatic carbocycles. The van der Waals surface area contributed by atoms with Crippen LogP contribution in [-0.4, -0.2) is 12.8 Å². The zero-order chi connectivity index (χ0) is 7.97. The summed E-state index contributed by atoms with van der Waals surface area (Å²) in [5.74, 6) is 4.20. The summed E-state index contributed by atoms with van der Waals surface area (Å²) in [5, 5.41) is 0. The standard InChI is InChI=1S/C11H17N/c1-2-8(1)10-5-6-12-7-11(10)9-3-4-9/h6,8-11H,1-5,7H2. The van der Waals surface area contributed by atoms with Gasteiger partial charge in [-0.25, -0.2) is 0 Å². The molecule has 3 aliphatic rings. The molecule has 0 saturated heterocycles. The summed E-state index contributed by atoms with van der Waals surface area (Å²) in [6.07, 6.45) is 9.52. The lowest BCUT2D eigenvalue weighted by atomic mass is 9.81. The summed E-state index contributed by atoms with van der Waals surface area (Å²) < 4.78 is 0. The van der Waals surface area contributed by atoms with Gasteiger partial charge >= 0.3 is 0 Å². The summed E-state index contributed by atoms with van der Waals surface area (Å²) >= 11 is 0. The van der Waals surface area contributed by atoms with E-state index in [2.05, 4.69) is 11.2 Å². The predicted octanol–water partition coefficient (Wildman–Crippen LogP) is 2.51. The summed E-state index contributed by atoms with van der Waals surface area (Å²) in [6.45, 7) is 1.16. The molecule has 0 amide bonds. The quantitative estimate of drug-likeness (QED) is 0.593. The third kappa shape index (κ3) is 1.19. The zero-order valence-electron chi connectivity index (χ0n) is 7.58. The van der Waals surface area contributed by atoms with Crippen LogP contribution in [0.2, 0.25) is 0 Å². The monoisotopic (exact) mass is 163 g/mol. The second-order valence-electron chi connectivity index (χ2n) is 4.79. The molecule has 1 heterocycles. The lowest BCUT2D eigenvalue weighted by molar-refractivity contribution is 0.270. The van der Waals surface area contributed by atoms with Gasteiger partial charge < -0.3 is 0 Å². The average Bonchev–Trinajstić information content (AvgIpc) is 2.99. The summed E-state index contributed by atoms with van der Waals surface area (Å²) in [7, 11) is 0. The highest BCUT2D eigenvalue weighted by Gasteiger charge is 2.43. The van der Waals surface area contributed by atoms with E-state index in [1.165, 1.54) is 32.1 Å². The van der Waals surface area contributed by atoms with E-state index in [1.807, 2.05) is 0 Å². The smallest absolute Gasteiger partial charge is 0.0419 e. The molecule has 0 radical (unpaired) electrons. The van der Waals surface area contributed by atoms with Gasteiger partial charge in [-0.2, -0.15) is 0 Å². The molecule has 1 nitrogen and oxygen atoms in total. The maximum absolute atomic E-state index is 4.46. The number of hydrogen-bond donors (Lipinski definition) is 0. The number of nitrogens with zero attached hydrogens (tertiary/aromatic N) is 1. The van der Waals surface area contributed by atoms with Crippen molar-refractivity contribution in [2.45, 2.75) is 32.1 Å². The van der Waals surface area contributed by atoms with Crippen LogP contribution in [0.3, 0.4) is 0 Å². The van der Waals surface area contributed by atoms with Crippen LogP contribution in [0, 0.1) is 23.7 Å². The largest absolute Gasteiger partial charge is 0.297 e. The van der Waals surface area contributed by atoms with Crippen molar-refractivity contribution in [1.82, 2.24) is 0 Å². The SMILES string of the molecule is C1=NCC(C2CC2)C(C2CC2)C1. The molecule has 2 saturated carbocycles. The molecule has 0 aromatic rings. The van der Waals surface area contributed by atoms with E-state index in [-0.39, 0.29) is 0 Å². The van der Waals surface area contributed by atoms with Crippen molar-refractivity contribution >= 4 is 6.21 Å². The normalized spacial score (nSPS) is 41.7. The Morgan fingerprint density at radius 3 is 2.25 bits per heavy atom. The Morgan fingerprint density at radius 1 is 0.917 bits per heavy atom. The molecular formula is C11H17N. The number of aliphatic imine (C=N–C) groups is 1. The van der Waals surface area contributed by atoms with Crippen molar-refractivity contribution in [2.75, 3.05) is 6.54 Å². The molecule has 66 valence electrons. The van der Waals surface area contributed by atoms with Crippen molar-refractivity contribution in [3.8, 4) is 0 Å². The Hall–Kier alpha value is -0.330. The van der Waals surface area contributed by atoms with Gasteiger partial charge in [-0.3, -0.25) is 4.99 Å². The van der Waals surface area contributed by atoms with Crippen molar-refractivity contribution in [2.24, 2.45) is 28.7 Å². The first kappa shape index (κ1) is 7.11.